The molecule has 0 radical (unpaired) electrons. The molecule has 1 aliphatic heterocycles. The topological polar surface area (TPSA) is 64.2 Å². The molecule has 1 atom stereocenters. The number of piperidine rings is 1. The molecule has 90 valence electrons. The molecule has 0 saturated carbocycles. The average Bonchev–Trinajstić information content (AvgIpc) is 2.63. The number of aromatic nitrogens is 2. The normalized spacial score (nSPS) is 20.4. The van der Waals surface area contributed by atoms with Crippen LogP contribution >= 0.6 is 12.4 Å². The second-order valence-corrected chi connectivity index (χ2v) is 3.99. The second-order valence-electron chi connectivity index (χ2n) is 3.99. The third-order valence-electron chi connectivity index (χ3n) is 2.79. The molecule has 1 amide bonds. The summed E-state index contributed by atoms with van der Waals surface area (Å²) in [6, 6.07) is 1.86. The van der Waals surface area contributed by atoms with Crippen molar-refractivity contribution in [1.82, 2.24) is 14.7 Å². The molecule has 1 fully saturated rings. The van der Waals surface area contributed by atoms with Gasteiger partial charge in [0.2, 0.25) is 0 Å². The number of nitrogens with two attached hydrogens (primary N) is 1. The van der Waals surface area contributed by atoms with Crippen molar-refractivity contribution in [3.05, 3.63) is 18.0 Å². The number of amides is 1. The van der Waals surface area contributed by atoms with E-state index >= 15 is 0 Å². The van der Waals surface area contributed by atoms with Crippen molar-refractivity contribution < 1.29 is 4.79 Å². The highest BCUT2D eigenvalue weighted by Crippen LogP contribution is 2.11. The summed E-state index contributed by atoms with van der Waals surface area (Å²) in [5, 5.41) is 3.99. The van der Waals surface area contributed by atoms with Gasteiger partial charge >= 0.3 is 0 Å². The average molecular weight is 245 g/mol. The van der Waals surface area contributed by atoms with Crippen LogP contribution in [0.25, 0.3) is 0 Å². The Bertz CT molecular complexity index is 365. The molecule has 2 heterocycles. The zero-order valence-electron chi connectivity index (χ0n) is 9.30. The predicted octanol–water partition coefficient (Wildman–Crippen LogP) is 0.405. The van der Waals surface area contributed by atoms with E-state index in [1.807, 2.05) is 4.90 Å². The highest BCUT2D eigenvalue weighted by Gasteiger charge is 2.23. The van der Waals surface area contributed by atoms with Gasteiger partial charge in [-0.2, -0.15) is 5.10 Å². The van der Waals surface area contributed by atoms with E-state index < -0.39 is 0 Å². The van der Waals surface area contributed by atoms with Crippen molar-refractivity contribution in [3.63, 3.8) is 0 Å². The third kappa shape index (κ3) is 2.54. The molecule has 1 aromatic rings. The van der Waals surface area contributed by atoms with Crippen LogP contribution in [0.15, 0.2) is 12.3 Å². The molecule has 0 bridgehead atoms. The Labute approximate surface area is 101 Å². The maximum atomic E-state index is 12.0. The van der Waals surface area contributed by atoms with E-state index in [1.54, 1.807) is 24.0 Å². The van der Waals surface area contributed by atoms with Gasteiger partial charge in [-0.3, -0.25) is 9.48 Å². The lowest BCUT2D eigenvalue weighted by atomic mass is 10.1. The van der Waals surface area contributed by atoms with Crippen LogP contribution in [-0.2, 0) is 7.05 Å². The molecule has 5 nitrogen and oxygen atoms in total. The minimum atomic E-state index is 0. The molecule has 16 heavy (non-hydrogen) atoms. The Morgan fingerprint density at radius 1 is 1.62 bits per heavy atom. The van der Waals surface area contributed by atoms with Crippen molar-refractivity contribution in [3.8, 4) is 0 Å². The lowest BCUT2D eigenvalue weighted by Crippen LogP contribution is -2.46. The number of nitrogens with zero attached hydrogens (tertiary/aromatic N) is 3. The van der Waals surface area contributed by atoms with Gasteiger partial charge in [0, 0.05) is 32.4 Å². The van der Waals surface area contributed by atoms with Crippen LogP contribution in [0, 0.1) is 0 Å². The molecular formula is C10H17ClN4O. The Morgan fingerprint density at radius 2 is 2.38 bits per heavy atom. The number of carbonyl (C=O) groups is 1. The summed E-state index contributed by atoms with van der Waals surface area (Å²) >= 11 is 0. The fourth-order valence-electron chi connectivity index (χ4n) is 1.94. The van der Waals surface area contributed by atoms with Crippen LogP contribution in [0.4, 0.5) is 0 Å². The van der Waals surface area contributed by atoms with E-state index in [2.05, 4.69) is 5.10 Å². The van der Waals surface area contributed by atoms with Gasteiger partial charge in [-0.05, 0) is 18.9 Å². The quantitative estimate of drug-likeness (QED) is 0.778. The first-order valence-electron chi connectivity index (χ1n) is 5.21. The summed E-state index contributed by atoms with van der Waals surface area (Å²) in [7, 11) is 1.77. The summed E-state index contributed by atoms with van der Waals surface area (Å²) in [5.41, 5.74) is 6.47. The van der Waals surface area contributed by atoms with Gasteiger partial charge in [0.15, 0.2) is 0 Å². The summed E-state index contributed by atoms with van der Waals surface area (Å²) in [6.45, 7) is 1.46. The van der Waals surface area contributed by atoms with Crippen molar-refractivity contribution in [2.45, 2.75) is 18.9 Å². The zero-order chi connectivity index (χ0) is 10.8. The van der Waals surface area contributed by atoms with E-state index in [0.29, 0.717) is 12.2 Å². The smallest absolute Gasteiger partial charge is 0.272 e. The Morgan fingerprint density at radius 3 is 2.94 bits per heavy atom. The standard InChI is InChI=1S/C10H16N4O.ClH/c1-13-9(4-5-12-13)10(15)14-6-2-3-8(11)7-14;/h4-5,8H,2-3,6-7,11H2,1H3;1H/t8-;/m1./s1. The van der Waals surface area contributed by atoms with Gasteiger partial charge in [-0.1, -0.05) is 0 Å². The third-order valence-corrected chi connectivity index (χ3v) is 2.79. The molecule has 2 rings (SSSR count). The van der Waals surface area contributed by atoms with Gasteiger partial charge in [0.1, 0.15) is 5.69 Å². The molecule has 6 heteroatoms. The lowest BCUT2D eigenvalue weighted by Gasteiger charge is -2.30. The molecule has 1 aromatic heterocycles. The van der Waals surface area contributed by atoms with Gasteiger partial charge in [-0.25, -0.2) is 0 Å². The van der Waals surface area contributed by atoms with E-state index in [0.717, 1.165) is 19.4 Å². The van der Waals surface area contributed by atoms with Crippen LogP contribution in [0.2, 0.25) is 0 Å². The second kappa shape index (κ2) is 5.32. The van der Waals surface area contributed by atoms with Gasteiger partial charge < -0.3 is 10.6 Å². The van der Waals surface area contributed by atoms with Crippen molar-refractivity contribution in [1.29, 1.82) is 0 Å². The maximum Gasteiger partial charge on any atom is 0.272 e. The Balaban J connectivity index is 0.00000128. The molecule has 1 saturated heterocycles. The summed E-state index contributed by atoms with van der Waals surface area (Å²) in [5.74, 6) is 0.0325. The first-order chi connectivity index (χ1) is 7.18. The number of hydrogen-bond donors (Lipinski definition) is 1. The fourth-order valence-corrected chi connectivity index (χ4v) is 1.94. The first kappa shape index (κ1) is 13.0. The fraction of sp³-hybridized carbons (Fsp3) is 0.600. The monoisotopic (exact) mass is 244 g/mol. The predicted molar refractivity (Wildman–Crippen MR) is 63.6 cm³/mol. The molecule has 2 N–H and O–H groups in total. The molecular weight excluding hydrogens is 228 g/mol. The minimum Gasteiger partial charge on any atom is -0.336 e. The van der Waals surface area contributed by atoms with Crippen LogP contribution in [-0.4, -0.2) is 39.7 Å². The summed E-state index contributed by atoms with van der Waals surface area (Å²) in [4.78, 5) is 13.8. The molecule has 0 aromatic carbocycles. The number of hydrogen-bond acceptors (Lipinski definition) is 3. The van der Waals surface area contributed by atoms with Crippen LogP contribution in [0.1, 0.15) is 23.3 Å². The van der Waals surface area contributed by atoms with Gasteiger partial charge in [0.25, 0.3) is 5.91 Å². The van der Waals surface area contributed by atoms with E-state index in [9.17, 15) is 4.79 Å². The Hall–Kier alpha value is -1.07. The molecule has 0 aliphatic carbocycles. The number of aryl methyl sites for hydroxylation is 1. The highest BCUT2D eigenvalue weighted by atomic mass is 35.5. The minimum absolute atomic E-state index is 0. The number of likely N-dealkylation sites (tertiary alicyclic amines) is 1. The van der Waals surface area contributed by atoms with E-state index in [1.165, 1.54) is 0 Å². The molecule has 0 spiro atoms. The van der Waals surface area contributed by atoms with Gasteiger partial charge in [-0.15, -0.1) is 12.4 Å². The lowest BCUT2D eigenvalue weighted by molar-refractivity contribution is 0.0697. The SMILES string of the molecule is Cl.Cn1nccc1C(=O)N1CCC[C@@H](N)C1. The zero-order valence-corrected chi connectivity index (χ0v) is 10.1. The van der Waals surface area contributed by atoms with Crippen LogP contribution < -0.4 is 5.73 Å². The van der Waals surface area contributed by atoms with E-state index in [-0.39, 0.29) is 24.4 Å². The van der Waals surface area contributed by atoms with Gasteiger partial charge in [0.05, 0.1) is 0 Å². The Kier molecular flexibility index (Phi) is 4.32. The first-order valence-corrected chi connectivity index (χ1v) is 5.21. The van der Waals surface area contributed by atoms with Crippen molar-refractivity contribution in [2.75, 3.05) is 13.1 Å². The van der Waals surface area contributed by atoms with Crippen molar-refractivity contribution in [2.24, 2.45) is 12.8 Å². The van der Waals surface area contributed by atoms with Crippen molar-refractivity contribution >= 4 is 18.3 Å². The van der Waals surface area contributed by atoms with E-state index in [4.69, 9.17) is 5.73 Å². The summed E-state index contributed by atoms with van der Waals surface area (Å²) < 4.78 is 1.60. The number of rotatable bonds is 1. The summed E-state index contributed by atoms with van der Waals surface area (Å²) in [6.07, 6.45) is 3.64. The molecule has 1 aliphatic rings. The van der Waals surface area contributed by atoms with Crippen LogP contribution in [0.5, 0.6) is 0 Å². The number of carbonyl (C=O) groups excluding carboxylic acids is 1. The largest absolute Gasteiger partial charge is 0.336 e. The highest BCUT2D eigenvalue weighted by molar-refractivity contribution is 5.92. The maximum absolute atomic E-state index is 12.0. The number of halogens is 1. The van der Waals surface area contributed by atoms with Crippen LogP contribution in [0.3, 0.4) is 0 Å². The molecule has 0 unspecified atom stereocenters.